The van der Waals surface area contributed by atoms with Crippen LogP contribution in [0.1, 0.15) is 41.7 Å². The average Bonchev–Trinajstić information content (AvgIpc) is 3.31. The fraction of sp³-hybridized carbons (Fsp3) is 0.122. The number of hydrogen-bond acceptors (Lipinski definition) is 3. The first kappa shape index (κ1) is 28.1. The lowest BCUT2D eigenvalue weighted by molar-refractivity contribution is 0.163. The second-order valence-corrected chi connectivity index (χ2v) is 12.3. The van der Waals surface area contributed by atoms with Gasteiger partial charge in [0.05, 0.1) is 7.11 Å². The Morgan fingerprint density at radius 2 is 1.28 bits per heavy atom. The molecule has 0 saturated carbocycles. The minimum Gasteiger partial charge on any atom is -0.497 e. The molecule has 1 heterocycles. The number of ether oxygens (including phenoxy) is 3. The Morgan fingerprint density at radius 3 is 1.98 bits per heavy atom. The third kappa shape index (κ3) is 4.22. The van der Waals surface area contributed by atoms with Crippen LogP contribution >= 0.6 is 0 Å². The summed E-state index contributed by atoms with van der Waals surface area (Å²) in [5.41, 5.74) is 4.91. The third-order valence-corrected chi connectivity index (χ3v) is 9.34. The van der Waals surface area contributed by atoms with E-state index in [4.69, 9.17) is 14.2 Å². The molecule has 1 aliphatic heterocycles. The van der Waals surface area contributed by atoms with E-state index in [0.29, 0.717) is 16.9 Å². The minimum absolute atomic E-state index is 0.283. The highest BCUT2D eigenvalue weighted by molar-refractivity contribution is 6.08. The largest absolute Gasteiger partial charge is 0.497 e. The van der Waals surface area contributed by atoms with Gasteiger partial charge in [-0.1, -0.05) is 74.5 Å². The normalized spacial score (nSPS) is 17.2. The van der Waals surface area contributed by atoms with Crippen molar-refractivity contribution in [2.45, 2.75) is 24.9 Å². The smallest absolute Gasteiger partial charge is 0.178 e. The first-order valence-corrected chi connectivity index (χ1v) is 15.2. The monoisotopic (exact) mass is 608 g/mol. The minimum atomic E-state index is -1.06. The summed E-state index contributed by atoms with van der Waals surface area (Å²) in [5, 5.41) is 1.52. The van der Waals surface area contributed by atoms with Gasteiger partial charge in [0.2, 0.25) is 0 Å². The maximum absolute atomic E-state index is 15.1. The number of fused-ring (bicyclic) bond motifs is 8. The van der Waals surface area contributed by atoms with E-state index in [0.717, 1.165) is 55.8 Å². The van der Waals surface area contributed by atoms with Gasteiger partial charge in [0.25, 0.3) is 0 Å². The molecule has 5 heteroatoms. The summed E-state index contributed by atoms with van der Waals surface area (Å²) in [6.45, 7) is 4.22. The Balaban J connectivity index is 1.35. The summed E-state index contributed by atoms with van der Waals surface area (Å²) in [6.07, 6.45) is 4.15. The molecule has 1 aliphatic carbocycles. The molecule has 6 aromatic carbocycles. The highest BCUT2D eigenvalue weighted by atomic mass is 19.1. The molecule has 226 valence electrons. The molecular formula is C41H30F2O3. The van der Waals surface area contributed by atoms with Crippen LogP contribution in [0.5, 0.6) is 23.0 Å². The summed E-state index contributed by atoms with van der Waals surface area (Å²) in [4.78, 5) is 0. The van der Waals surface area contributed by atoms with Crippen LogP contribution in [0.15, 0.2) is 121 Å². The van der Waals surface area contributed by atoms with Crippen LogP contribution in [0.4, 0.5) is 8.78 Å². The predicted octanol–water partition coefficient (Wildman–Crippen LogP) is 10.6. The molecule has 1 unspecified atom stereocenters. The SMILES string of the molecule is COc1ccc(C2(c3ccc(Oc4ccccc4)cc3)C=Cc3c4c(c5ccc(F)cc5c3O2)-c2ccc(F)cc2C4(C)C)cc1. The van der Waals surface area contributed by atoms with Crippen LogP contribution in [0.2, 0.25) is 0 Å². The van der Waals surface area contributed by atoms with Gasteiger partial charge >= 0.3 is 0 Å². The highest BCUT2D eigenvalue weighted by Crippen LogP contribution is 2.58. The van der Waals surface area contributed by atoms with Crippen molar-refractivity contribution in [2.24, 2.45) is 0 Å². The number of methoxy groups -OCH3 is 1. The molecule has 0 saturated heterocycles. The Morgan fingerprint density at radius 1 is 0.652 bits per heavy atom. The molecule has 46 heavy (non-hydrogen) atoms. The molecule has 0 N–H and O–H groups in total. The Hall–Kier alpha value is -5.42. The summed E-state index contributed by atoms with van der Waals surface area (Å²) < 4.78 is 48.4. The second-order valence-electron chi connectivity index (χ2n) is 12.3. The zero-order chi connectivity index (χ0) is 31.6. The van der Waals surface area contributed by atoms with Crippen molar-refractivity contribution in [3.05, 3.63) is 161 Å². The fourth-order valence-corrected chi connectivity index (χ4v) is 7.14. The summed E-state index contributed by atoms with van der Waals surface area (Å²) >= 11 is 0. The summed E-state index contributed by atoms with van der Waals surface area (Å²) in [7, 11) is 1.64. The van der Waals surface area contributed by atoms with Crippen LogP contribution in [0.3, 0.4) is 0 Å². The molecule has 0 fully saturated rings. The van der Waals surface area contributed by atoms with E-state index >= 15 is 4.39 Å². The predicted molar refractivity (Wildman–Crippen MR) is 178 cm³/mol. The Kier molecular flexibility index (Phi) is 6.30. The average molecular weight is 609 g/mol. The molecule has 0 amide bonds. The maximum Gasteiger partial charge on any atom is 0.178 e. The topological polar surface area (TPSA) is 27.7 Å². The molecule has 0 aromatic heterocycles. The lowest BCUT2D eigenvalue weighted by Crippen LogP contribution is -2.35. The molecule has 8 rings (SSSR count). The van der Waals surface area contributed by atoms with E-state index in [9.17, 15) is 4.39 Å². The zero-order valence-corrected chi connectivity index (χ0v) is 25.6. The van der Waals surface area contributed by atoms with Gasteiger partial charge in [0.15, 0.2) is 5.60 Å². The first-order chi connectivity index (χ1) is 22.3. The van der Waals surface area contributed by atoms with Crippen LogP contribution < -0.4 is 14.2 Å². The van der Waals surface area contributed by atoms with Crippen molar-refractivity contribution in [1.82, 2.24) is 0 Å². The Bertz CT molecular complexity index is 2170. The fourth-order valence-electron chi connectivity index (χ4n) is 7.14. The van der Waals surface area contributed by atoms with Crippen molar-refractivity contribution in [3.8, 4) is 34.1 Å². The zero-order valence-electron chi connectivity index (χ0n) is 25.6. The van der Waals surface area contributed by atoms with Crippen molar-refractivity contribution in [1.29, 1.82) is 0 Å². The van der Waals surface area contributed by atoms with Crippen molar-refractivity contribution in [3.63, 3.8) is 0 Å². The van der Waals surface area contributed by atoms with Gasteiger partial charge in [-0.15, -0.1) is 0 Å². The van der Waals surface area contributed by atoms with E-state index in [1.165, 1.54) is 18.2 Å². The van der Waals surface area contributed by atoms with Gasteiger partial charge in [-0.25, -0.2) is 8.78 Å². The van der Waals surface area contributed by atoms with Crippen LogP contribution in [0, 0.1) is 11.6 Å². The molecule has 6 aromatic rings. The number of para-hydroxylation sites is 1. The van der Waals surface area contributed by atoms with Crippen LogP contribution in [-0.4, -0.2) is 7.11 Å². The van der Waals surface area contributed by atoms with Crippen LogP contribution in [-0.2, 0) is 11.0 Å². The molecular weight excluding hydrogens is 578 g/mol. The van der Waals surface area contributed by atoms with E-state index in [2.05, 4.69) is 26.0 Å². The van der Waals surface area contributed by atoms with Crippen molar-refractivity contribution in [2.75, 3.05) is 7.11 Å². The molecule has 2 aliphatic rings. The summed E-state index contributed by atoms with van der Waals surface area (Å²) in [5.74, 6) is 2.10. The molecule has 0 bridgehead atoms. The van der Waals surface area contributed by atoms with Crippen LogP contribution in [0.25, 0.3) is 28.0 Å². The first-order valence-electron chi connectivity index (χ1n) is 15.2. The number of halogens is 2. The maximum atomic E-state index is 15.1. The van der Waals surface area contributed by atoms with E-state index in [-0.39, 0.29) is 11.6 Å². The van der Waals surface area contributed by atoms with Crippen molar-refractivity contribution >= 4 is 16.8 Å². The highest BCUT2D eigenvalue weighted by Gasteiger charge is 2.44. The number of hydrogen-bond donors (Lipinski definition) is 0. The van der Waals surface area contributed by atoms with Gasteiger partial charge < -0.3 is 14.2 Å². The molecule has 0 spiro atoms. The van der Waals surface area contributed by atoms with Gasteiger partial charge in [0, 0.05) is 27.5 Å². The molecule has 1 atom stereocenters. The van der Waals surface area contributed by atoms with Gasteiger partial charge in [-0.05, 0) is 94.4 Å². The van der Waals surface area contributed by atoms with E-state index in [1.807, 2.05) is 91.0 Å². The number of rotatable bonds is 5. The van der Waals surface area contributed by atoms with Gasteiger partial charge in [0.1, 0.15) is 34.6 Å². The molecule has 0 radical (unpaired) electrons. The van der Waals surface area contributed by atoms with E-state index in [1.54, 1.807) is 13.2 Å². The van der Waals surface area contributed by atoms with Crippen molar-refractivity contribution < 1.29 is 23.0 Å². The van der Waals surface area contributed by atoms with E-state index < -0.39 is 11.0 Å². The summed E-state index contributed by atoms with van der Waals surface area (Å²) in [6, 6.07) is 35.0. The van der Waals surface area contributed by atoms with Gasteiger partial charge in [-0.2, -0.15) is 0 Å². The standard InChI is InChI=1S/C41H30F2O3/c1-40(2)36-24-28(43)14-20-33(36)37-32-19-13-27(42)23-35(32)39-34(38(37)40)21-22-41(46-39,25-9-15-29(44-3)16-10-25)26-11-17-31(18-12-26)45-30-7-5-4-6-8-30/h4-24H,1-3H3. The second kappa shape index (κ2) is 10.3. The lowest BCUT2D eigenvalue weighted by Gasteiger charge is -2.38. The quantitative estimate of drug-likeness (QED) is 0.195. The third-order valence-electron chi connectivity index (χ3n) is 9.34. The Labute approximate surface area is 266 Å². The lowest BCUT2D eigenvalue weighted by atomic mass is 9.77. The van der Waals surface area contributed by atoms with Gasteiger partial charge in [-0.3, -0.25) is 0 Å². The number of benzene rings is 6. The molecule has 3 nitrogen and oxygen atoms in total.